The highest BCUT2D eigenvalue weighted by molar-refractivity contribution is 7.09. The minimum absolute atomic E-state index is 0.724. The van der Waals surface area contributed by atoms with Gasteiger partial charge in [0.25, 0.3) is 0 Å². The van der Waals surface area contributed by atoms with Crippen molar-refractivity contribution in [3.8, 4) is 0 Å². The van der Waals surface area contributed by atoms with Gasteiger partial charge in [0.2, 0.25) is 0 Å². The number of nitrogens with zero attached hydrogens (tertiary/aromatic N) is 3. The highest BCUT2D eigenvalue weighted by Crippen LogP contribution is 2.33. The number of hydrogen-bond donors (Lipinski definition) is 0. The van der Waals surface area contributed by atoms with Gasteiger partial charge in [0.1, 0.15) is 0 Å². The van der Waals surface area contributed by atoms with E-state index in [2.05, 4.69) is 57.4 Å². The molecule has 0 radical (unpaired) electrons. The van der Waals surface area contributed by atoms with Gasteiger partial charge in [0.05, 0.1) is 5.69 Å². The van der Waals surface area contributed by atoms with Crippen molar-refractivity contribution < 1.29 is 0 Å². The molecule has 4 heteroatoms. The summed E-state index contributed by atoms with van der Waals surface area (Å²) in [7, 11) is 0. The van der Waals surface area contributed by atoms with Crippen LogP contribution in [-0.4, -0.2) is 40.0 Å². The fourth-order valence-electron chi connectivity index (χ4n) is 4.06. The van der Waals surface area contributed by atoms with Gasteiger partial charge in [0.15, 0.2) is 0 Å². The van der Waals surface area contributed by atoms with E-state index >= 15 is 0 Å². The summed E-state index contributed by atoms with van der Waals surface area (Å²) in [6, 6.07) is 12.3. The van der Waals surface area contributed by atoms with Crippen molar-refractivity contribution in [3.63, 3.8) is 0 Å². The van der Waals surface area contributed by atoms with E-state index in [0.717, 1.165) is 30.9 Å². The average Bonchev–Trinajstić information content (AvgIpc) is 3.20. The van der Waals surface area contributed by atoms with Gasteiger partial charge in [-0.2, -0.15) is 0 Å². The van der Waals surface area contributed by atoms with E-state index in [9.17, 15) is 0 Å². The first-order valence-corrected chi connectivity index (χ1v) is 9.10. The number of hydrogen-bond acceptors (Lipinski definition) is 4. The van der Waals surface area contributed by atoms with Crippen molar-refractivity contribution in [2.75, 3.05) is 13.1 Å². The predicted molar refractivity (Wildman–Crippen MR) is 90.9 cm³/mol. The van der Waals surface area contributed by atoms with Gasteiger partial charge in [-0.15, -0.1) is 11.3 Å². The molecule has 0 N–H and O–H groups in total. The van der Waals surface area contributed by atoms with Crippen LogP contribution in [0.15, 0.2) is 35.7 Å². The maximum Gasteiger partial charge on any atom is 0.0547 e. The zero-order chi connectivity index (χ0) is 14.9. The molecule has 22 heavy (non-hydrogen) atoms. The highest BCUT2D eigenvalue weighted by Gasteiger charge is 2.42. The molecule has 0 aliphatic carbocycles. The van der Waals surface area contributed by atoms with Crippen molar-refractivity contribution in [2.24, 2.45) is 0 Å². The lowest BCUT2D eigenvalue weighted by Crippen LogP contribution is -2.36. The first-order chi connectivity index (χ1) is 10.8. The summed E-state index contributed by atoms with van der Waals surface area (Å²) in [6.45, 7) is 6.68. The first-order valence-electron chi connectivity index (χ1n) is 8.22. The number of aryl methyl sites for hydroxylation is 1. The largest absolute Gasteiger partial charge is 0.294 e. The minimum atomic E-state index is 0.724. The molecule has 2 aromatic rings. The second kappa shape index (κ2) is 6.11. The standard InChI is InChI=1S/C18H23N3S/c1-14-4-2-5-15(19-14)12-20-9-7-18-17(20)8-10-21(18)13-16-6-3-11-22-16/h2-6,11,17-18H,7-10,12-13H2,1H3/t17-,18+/m0/s1. The maximum atomic E-state index is 4.68. The van der Waals surface area contributed by atoms with Crippen LogP contribution in [0, 0.1) is 6.92 Å². The van der Waals surface area contributed by atoms with E-state index in [1.54, 1.807) is 0 Å². The Morgan fingerprint density at radius 3 is 2.50 bits per heavy atom. The Bertz CT molecular complexity index is 625. The topological polar surface area (TPSA) is 19.4 Å². The summed E-state index contributed by atoms with van der Waals surface area (Å²) in [5.74, 6) is 0. The third-order valence-corrected chi connectivity index (χ3v) is 5.92. The van der Waals surface area contributed by atoms with Gasteiger partial charge in [-0.25, -0.2) is 0 Å². The number of rotatable bonds is 4. The molecule has 2 aromatic heterocycles. The molecule has 2 aliphatic heterocycles. The number of thiophene rings is 1. The molecule has 4 heterocycles. The lowest BCUT2D eigenvalue weighted by Gasteiger charge is -2.25. The monoisotopic (exact) mass is 313 g/mol. The lowest BCUT2D eigenvalue weighted by molar-refractivity contribution is 0.212. The quantitative estimate of drug-likeness (QED) is 0.863. The molecular weight excluding hydrogens is 290 g/mol. The molecule has 4 rings (SSSR count). The molecule has 2 fully saturated rings. The van der Waals surface area contributed by atoms with Crippen LogP contribution in [0.4, 0.5) is 0 Å². The van der Waals surface area contributed by atoms with Crippen LogP contribution in [0.25, 0.3) is 0 Å². The van der Waals surface area contributed by atoms with Crippen LogP contribution >= 0.6 is 11.3 Å². The Balaban J connectivity index is 1.42. The molecule has 0 unspecified atom stereocenters. The second-order valence-electron chi connectivity index (χ2n) is 6.50. The van der Waals surface area contributed by atoms with E-state index in [4.69, 9.17) is 0 Å². The molecule has 0 aromatic carbocycles. The van der Waals surface area contributed by atoms with Gasteiger partial charge >= 0.3 is 0 Å². The van der Waals surface area contributed by atoms with Crippen LogP contribution in [0.5, 0.6) is 0 Å². The van der Waals surface area contributed by atoms with Crippen molar-refractivity contribution >= 4 is 11.3 Å². The summed E-state index contributed by atoms with van der Waals surface area (Å²) in [5.41, 5.74) is 2.34. The van der Waals surface area contributed by atoms with Crippen molar-refractivity contribution in [3.05, 3.63) is 52.0 Å². The molecule has 116 valence electrons. The first kappa shape index (κ1) is 14.4. The Morgan fingerprint density at radius 2 is 1.82 bits per heavy atom. The van der Waals surface area contributed by atoms with Crippen molar-refractivity contribution in [1.29, 1.82) is 0 Å². The summed E-state index contributed by atoms with van der Waals surface area (Å²) in [5, 5.41) is 2.19. The fraction of sp³-hybridized carbons (Fsp3) is 0.500. The normalized spacial score (nSPS) is 25.7. The Kier molecular flexibility index (Phi) is 3.99. The SMILES string of the molecule is Cc1cccc(CN2CC[C@@H]3[C@@H]2CCN3Cc2cccs2)n1. The Hall–Kier alpha value is -1.23. The van der Waals surface area contributed by atoms with Gasteiger partial charge in [-0.05, 0) is 43.3 Å². The molecule has 0 saturated carbocycles. The molecule has 0 spiro atoms. The van der Waals surface area contributed by atoms with Crippen LogP contribution in [0.3, 0.4) is 0 Å². The molecule has 2 aliphatic rings. The Morgan fingerprint density at radius 1 is 1.05 bits per heavy atom. The second-order valence-corrected chi connectivity index (χ2v) is 7.53. The zero-order valence-electron chi connectivity index (χ0n) is 13.1. The van der Waals surface area contributed by atoms with Crippen LogP contribution < -0.4 is 0 Å². The fourth-order valence-corrected chi connectivity index (χ4v) is 4.78. The molecule has 0 bridgehead atoms. The van der Waals surface area contributed by atoms with Gasteiger partial charge in [0, 0.05) is 48.8 Å². The van der Waals surface area contributed by atoms with Crippen molar-refractivity contribution in [1.82, 2.24) is 14.8 Å². The van der Waals surface area contributed by atoms with Crippen LogP contribution in [0.2, 0.25) is 0 Å². The average molecular weight is 313 g/mol. The zero-order valence-corrected chi connectivity index (χ0v) is 13.9. The van der Waals surface area contributed by atoms with Crippen LogP contribution in [0.1, 0.15) is 29.1 Å². The van der Waals surface area contributed by atoms with Gasteiger partial charge in [-0.3, -0.25) is 14.8 Å². The number of fused-ring (bicyclic) bond motifs is 1. The summed E-state index contributed by atoms with van der Waals surface area (Å²) < 4.78 is 0. The van der Waals surface area contributed by atoms with E-state index in [1.807, 2.05) is 11.3 Å². The number of likely N-dealkylation sites (tertiary alicyclic amines) is 2. The van der Waals surface area contributed by atoms with E-state index in [-0.39, 0.29) is 0 Å². The maximum absolute atomic E-state index is 4.68. The molecular formula is C18H23N3S. The van der Waals surface area contributed by atoms with E-state index in [0.29, 0.717) is 0 Å². The van der Waals surface area contributed by atoms with Crippen molar-refractivity contribution in [2.45, 2.75) is 44.9 Å². The smallest absolute Gasteiger partial charge is 0.0547 e. The van der Waals surface area contributed by atoms with Crippen LogP contribution in [-0.2, 0) is 13.1 Å². The third kappa shape index (κ3) is 2.83. The van der Waals surface area contributed by atoms with E-state index in [1.165, 1.54) is 36.5 Å². The number of aromatic nitrogens is 1. The Labute approximate surface area is 136 Å². The summed E-state index contributed by atoms with van der Waals surface area (Å²) in [4.78, 5) is 11.5. The third-order valence-electron chi connectivity index (χ3n) is 5.06. The molecule has 2 atom stereocenters. The van der Waals surface area contributed by atoms with E-state index < -0.39 is 0 Å². The summed E-state index contributed by atoms with van der Waals surface area (Å²) in [6.07, 6.45) is 2.61. The minimum Gasteiger partial charge on any atom is -0.294 e. The molecule has 3 nitrogen and oxygen atoms in total. The van der Waals surface area contributed by atoms with Gasteiger partial charge in [-0.1, -0.05) is 12.1 Å². The highest BCUT2D eigenvalue weighted by atomic mass is 32.1. The molecule has 2 saturated heterocycles. The molecule has 0 amide bonds. The van der Waals surface area contributed by atoms with Gasteiger partial charge < -0.3 is 0 Å². The predicted octanol–water partition coefficient (Wildman–Crippen LogP) is 3.30. The lowest BCUT2D eigenvalue weighted by atomic mass is 10.1. The number of pyridine rings is 1. The summed E-state index contributed by atoms with van der Waals surface area (Å²) >= 11 is 1.88.